The number of carbonyl (C=O) groups is 1. The fourth-order valence-electron chi connectivity index (χ4n) is 2.48. The maximum atomic E-state index is 12.5. The topological polar surface area (TPSA) is 60.9 Å². The van der Waals surface area contributed by atoms with Gasteiger partial charge in [0.15, 0.2) is 0 Å². The van der Waals surface area contributed by atoms with Crippen molar-refractivity contribution in [3.63, 3.8) is 0 Å². The number of hydrogen-bond donors (Lipinski definition) is 0. The second kappa shape index (κ2) is 6.13. The Balaban J connectivity index is 2.38. The summed E-state index contributed by atoms with van der Waals surface area (Å²) in [5, 5.41) is 0. The van der Waals surface area contributed by atoms with E-state index in [9.17, 15) is 13.2 Å². The lowest BCUT2D eigenvalue weighted by atomic mass is 10.0. The third-order valence-electron chi connectivity index (χ3n) is 3.72. The monoisotopic (exact) mass is 311 g/mol. The van der Waals surface area contributed by atoms with Gasteiger partial charge in [0.1, 0.15) is 0 Å². The zero-order chi connectivity index (χ0) is 15.6. The van der Waals surface area contributed by atoms with E-state index in [4.69, 9.17) is 0 Å². The SMILES string of the molecule is CC(=O)N1CCN(S(=O)(=O)N(C)C)C(c2ccccc2)C1. The van der Waals surface area contributed by atoms with Gasteiger partial charge in [-0.05, 0) is 5.56 Å². The van der Waals surface area contributed by atoms with Crippen LogP contribution in [0.3, 0.4) is 0 Å². The molecule has 1 saturated heterocycles. The van der Waals surface area contributed by atoms with Gasteiger partial charge >= 0.3 is 0 Å². The molecule has 116 valence electrons. The molecule has 1 atom stereocenters. The lowest BCUT2D eigenvalue weighted by Gasteiger charge is -2.41. The summed E-state index contributed by atoms with van der Waals surface area (Å²) in [7, 11) is -0.473. The molecule has 2 rings (SSSR count). The Morgan fingerprint density at radius 3 is 2.33 bits per heavy atom. The number of amides is 1. The predicted octanol–water partition coefficient (Wildman–Crippen LogP) is 0.698. The molecule has 0 spiro atoms. The summed E-state index contributed by atoms with van der Waals surface area (Å²) in [6, 6.07) is 9.08. The Morgan fingerprint density at radius 1 is 1.19 bits per heavy atom. The Hall–Kier alpha value is -1.44. The van der Waals surface area contributed by atoms with Crippen LogP contribution in [0.1, 0.15) is 18.5 Å². The molecule has 0 bridgehead atoms. The molecule has 0 radical (unpaired) electrons. The van der Waals surface area contributed by atoms with Crippen LogP contribution in [-0.2, 0) is 15.0 Å². The number of nitrogens with zero attached hydrogens (tertiary/aromatic N) is 3. The summed E-state index contributed by atoms with van der Waals surface area (Å²) < 4.78 is 27.7. The van der Waals surface area contributed by atoms with E-state index in [1.807, 2.05) is 30.3 Å². The maximum Gasteiger partial charge on any atom is 0.282 e. The van der Waals surface area contributed by atoms with E-state index >= 15 is 0 Å². The molecule has 1 aliphatic heterocycles. The molecule has 1 unspecified atom stereocenters. The van der Waals surface area contributed by atoms with Crippen molar-refractivity contribution in [1.29, 1.82) is 0 Å². The van der Waals surface area contributed by atoms with Crippen molar-refractivity contribution in [3.8, 4) is 0 Å². The molecule has 1 amide bonds. The molecule has 1 fully saturated rings. The van der Waals surface area contributed by atoms with Crippen LogP contribution in [0, 0.1) is 0 Å². The molecular weight excluding hydrogens is 290 g/mol. The van der Waals surface area contributed by atoms with Crippen LogP contribution in [0.2, 0.25) is 0 Å². The Labute approximate surface area is 126 Å². The molecule has 1 aromatic carbocycles. The number of piperazine rings is 1. The average Bonchev–Trinajstić information content (AvgIpc) is 2.47. The van der Waals surface area contributed by atoms with Crippen molar-refractivity contribution in [2.45, 2.75) is 13.0 Å². The van der Waals surface area contributed by atoms with Gasteiger partial charge in [-0.15, -0.1) is 0 Å². The van der Waals surface area contributed by atoms with Gasteiger partial charge in [-0.25, -0.2) is 0 Å². The minimum atomic E-state index is -3.52. The van der Waals surface area contributed by atoms with Gasteiger partial charge in [0.2, 0.25) is 5.91 Å². The van der Waals surface area contributed by atoms with Crippen LogP contribution in [-0.4, -0.2) is 61.6 Å². The molecule has 1 aromatic rings. The van der Waals surface area contributed by atoms with Gasteiger partial charge in [0, 0.05) is 40.7 Å². The Morgan fingerprint density at radius 2 is 1.81 bits per heavy atom. The highest BCUT2D eigenvalue weighted by molar-refractivity contribution is 7.86. The zero-order valence-corrected chi connectivity index (χ0v) is 13.4. The third kappa shape index (κ3) is 3.25. The van der Waals surface area contributed by atoms with Crippen LogP contribution < -0.4 is 0 Å². The van der Waals surface area contributed by atoms with Gasteiger partial charge in [-0.1, -0.05) is 30.3 Å². The predicted molar refractivity (Wildman–Crippen MR) is 80.7 cm³/mol. The summed E-state index contributed by atoms with van der Waals surface area (Å²) in [5.41, 5.74) is 0.897. The Kier molecular flexibility index (Phi) is 4.65. The standard InChI is InChI=1S/C14H21N3O3S/c1-12(18)16-9-10-17(21(19,20)15(2)3)14(11-16)13-7-5-4-6-8-13/h4-8,14H,9-11H2,1-3H3. The summed E-state index contributed by atoms with van der Waals surface area (Å²) >= 11 is 0. The summed E-state index contributed by atoms with van der Waals surface area (Å²) in [4.78, 5) is 13.3. The molecule has 6 nitrogen and oxygen atoms in total. The highest BCUT2D eigenvalue weighted by Crippen LogP contribution is 2.28. The molecule has 0 saturated carbocycles. The number of carbonyl (C=O) groups excluding carboxylic acids is 1. The second-order valence-electron chi connectivity index (χ2n) is 5.29. The van der Waals surface area contributed by atoms with Crippen molar-refractivity contribution in [3.05, 3.63) is 35.9 Å². The summed E-state index contributed by atoms with van der Waals surface area (Å²) in [6.07, 6.45) is 0. The van der Waals surface area contributed by atoms with E-state index in [1.54, 1.807) is 4.90 Å². The molecule has 7 heteroatoms. The first-order valence-corrected chi connectivity index (χ1v) is 8.23. The molecule has 1 aliphatic rings. The highest BCUT2D eigenvalue weighted by Gasteiger charge is 2.37. The van der Waals surface area contributed by atoms with Crippen molar-refractivity contribution in [1.82, 2.24) is 13.5 Å². The van der Waals surface area contributed by atoms with E-state index in [0.29, 0.717) is 19.6 Å². The first-order chi connectivity index (χ1) is 9.84. The van der Waals surface area contributed by atoms with Crippen LogP contribution in [0.15, 0.2) is 30.3 Å². The molecule has 21 heavy (non-hydrogen) atoms. The molecular formula is C14H21N3O3S. The van der Waals surface area contributed by atoms with Crippen LogP contribution in [0.5, 0.6) is 0 Å². The van der Waals surface area contributed by atoms with Crippen LogP contribution >= 0.6 is 0 Å². The summed E-state index contributed by atoms with van der Waals surface area (Å²) in [6.45, 7) is 2.62. The minimum Gasteiger partial charge on any atom is -0.340 e. The molecule has 1 heterocycles. The molecule has 0 N–H and O–H groups in total. The van der Waals surface area contributed by atoms with E-state index in [1.165, 1.54) is 29.6 Å². The lowest BCUT2D eigenvalue weighted by Crippen LogP contribution is -2.54. The minimum absolute atomic E-state index is 0.0298. The molecule has 0 aromatic heterocycles. The summed E-state index contributed by atoms with van der Waals surface area (Å²) in [5.74, 6) is -0.0298. The first-order valence-electron chi connectivity index (χ1n) is 6.84. The quantitative estimate of drug-likeness (QED) is 0.825. The van der Waals surface area contributed by atoms with Gasteiger partial charge in [-0.2, -0.15) is 17.0 Å². The van der Waals surface area contributed by atoms with E-state index < -0.39 is 10.2 Å². The first kappa shape index (κ1) is 15.9. The number of benzene rings is 1. The lowest BCUT2D eigenvalue weighted by molar-refractivity contribution is -0.131. The van der Waals surface area contributed by atoms with Crippen LogP contribution in [0.25, 0.3) is 0 Å². The van der Waals surface area contributed by atoms with E-state index in [-0.39, 0.29) is 11.9 Å². The number of hydrogen-bond acceptors (Lipinski definition) is 3. The van der Waals surface area contributed by atoms with Crippen molar-refractivity contribution >= 4 is 16.1 Å². The number of rotatable bonds is 3. The Bertz CT molecular complexity index is 601. The average molecular weight is 311 g/mol. The van der Waals surface area contributed by atoms with Crippen LogP contribution in [0.4, 0.5) is 0 Å². The largest absolute Gasteiger partial charge is 0.340 e. The van der Waals surface area contributed by atoms with Crippen molar-refractivity contribution in [2.75, 3.05) is 33.7 Å². The maximum absolute atomic E-state index is 12.5. The van der Waals surface area contributed by atoms with Gasteiger partial charge in [0.05, 0.1) is 6.04 Å². The highest BCUT2D eigenvalue weighted by atomic mass is 32.2. The van der Waals surface area contributed by atoms with Crippen molar-refractivity contribution < 1.29 is 13.2 Å². The van der Waals surface area contributed by atoms with Gasteiger partial charge in [0.25, 0.3) is 10.2 Å². The third-order valence-corrected chi connectivity index (χ3v) is 5.67. The van der Waals surface area contributed by atoms with Gasteiger partial charge in [-0.3, -0.25) is 4.79 Å². The zero-order valence-electron chi connectivity index (χ0n) is 12.6. The fourth-order valence-corrected chi connectivity index (χ4v) is 3.73. The van der Waals surface area contributed by atoms with Gasteiger partial charge < -0.3 is 4.90 Å². The van der Waals surface area contributed by atoms with E-state index in [2.05, 4.69) is 0 Å². The van der Waals surface area contributed by atoms with E-state index in [0.717, 1.165) is 5.56 Å². The second-order valence-corrected chi connectivity index (χ2v) is 7.39. The fraction of sp³-hybridized carbons (Fsp3) is 0.500. The van der Waals surface area contributed by atoms with Crippen molar-refractivity contribution in [2.24, 2.45) is 0 Å². The molecule has 0 aliphatic carbocycles. The normalized spacial score (nSPS) is 20.8. The smallest absolute Gasteiger partial charge is 0.282 e.